The minimum absolute atomic E-state index is 0.0921. The molecule has 1 heterocycles. The standard InChI is InChI=1S/C10H12ClN3O/c1-2-3-4-5-6-12-9-8(11)10(15)14-7-13-9/h1,7H,3-6H2,(H2,12,13,14,15). The zero-order valence-corrected chi connectivity index (χ0v) is 8.97. The minimum atomic E-state index is -0.335. The number of aromatic amines is 1. The van der Waals surface area contributed by atoms with Gasteiger partial charge in [0.05, 0.1) is 6.33 Å². The molecule has 0 aliphatic rings. The minimum Gasteiger partial charge on any atom is -0.369 e. The van der Waals surface area contributed by atoms with Gasteiger partial charge in [-0.05, 0) is 12.8 Å². The molecular formula is C10H12ClN3O. The Morgan fingerprint density at radius 2 is 2.40 bits per heavy atom. The van der Waals surface area contributed by atoms with Gasteiger partial charge in [0.1, 0.15) is 5.02 Å². The van der Waals surface area contributed by atoms with Gasteiger partial charge in [0, 0.05) is 13.0 Å². The molecule has 15 heavy (non-hydrogen) atoms. The van der Waals surface area contributed by atoms with Gasteiger partial charge in [0.25, 0.3) is 5.56 Å². The van der Waals surface area contributed by atoms with Crippen LogP contribution in [-0.4, -0.2) is 16.5 Å². The van der Waals surface area contributed by atoms with Gasteiger partial charge in [-0.3, -0.25) is 4.79 Å². The maximum absolute atomic E-state index is 11.1. The smallest absolute Gasteiger partial charge is 0.271 e. The molecule has 0 fully saturated rings. The van der Waals surface area contributed by atoms with Gasteiger partial charge in [-0.25, -0.2) is 4.98 Å². The monoisotopic (exact) mass is 225 g/mol. The summed E-state index contributed by atoms with van der Waals surface area (Å²) in [6, 6.07) is 0. The van der Waals surface area contributed by atoms with E-state index in [1.54, 1.807) is 0 Å². The normalized spacial score (nSPS) is 9.60. The summed E-state index contributed by atoms with van der Waals surface area (Å²) in [5, 5.41) is 3.07. The Kier molecular flexibility index (Phi) is 4.72. The van der Waals surface area contributed by atoms with Crippen LogP contribution in [0.3, 0.4) is 0 Å². The third-order valence-electron chi connectivity index (χ3n) is 1.84. The molecule has 0 amide bonds. The molecule has 0 spiro atoms. The van der Waals surface area contributed by atoms with Crippen molar-refractivity contribution in [2.45, 2.75) is 19.3 Å². The molecule has 0 aliphatic heterocycles. The van der Waals surface area contributed by atoms with Crippen molar-refractivity contribution in [2.24, 2.45) is 0 Å². The quantitative estimate of drug-likeness (QED) is 0.592. The SMILES string of the molecule is C#CCCCCNc1nc[nH]c(=O)c1Cl. The number of aromatic nitrogens is 2. The number of rotatable bonds is 5. The average molecular weight is 226 g/mol. The van der Waals surface area contributed by atoms with Gasteiger partial charge in [0.15, 0.2) is 5.82 Å². The third-order valence-corrected chi connectivity index (χ3v) is 2.19. The summed E-state index contributed by atoms with van der Waals surface area (Å²) < 4.78 is 0. The van der Waals surface area contributed by atoms with Crippen LogP contribution >= 0.6 is 11.6 Å². The van der Waals surface area contributed by atoms with E-state index in [-0.39, 0.29) is 10.6 Å². The van der Waals surface area contributed by atoms with Crippen molar-refractivity contribution in [3.8, 4) is 12.3 Å². The topological polar surface area (TPSA) is 57.8 Å². The molecule has 0 atom stereocenters. The van der Waals surface area contributed by atoms with E-state index < -0.39 is 0 Å². The molecule has 0 radical (unpaired) electrons. The predicted molar refractivity (Wildman–Crippen MR) is 61.0 cm³/mol. The van der Waals surface area contributed by atoms with Gasteiger partial charge in [0.2, 0.25) is 0 Å². The van der Waals surface area contributed by atoms with Crippen molar-refractivity contribution in [3.05, 3.63) is 21.7 Å². The van der Waals surface area contributed by atoms with Gasteiger partial charge >= 0.3 is 0 Å². The number of unbranched alkanes of at least 4 members (excludes halogenated alkanes) is 2. The lowest BCUT2D eigenvalue weighted by Crippen LogP contribution is -2.12. The van der Waals surface area contributed by atoms with E-state index in [9.17, 15) is 4.79 Å². The summed E-state index contributed by atoms with van der Waals surface area (Å²) in [6.07, 6.45) is 9.07. The Labute approximate surface area is 93.1 Å². The Bertz CT molecular complexity index is 408. The largest absolute Gasteiger partial charge is 0.369 e. The van der Waals surface area contributed by atoms with Crippen LogP contribution in [0.5, 0.6) is 0 Å². The van der Waals surface area contributed by atoms with Crippen molar-refractivity contribution in [1.82, 2.24) is 9.97 Å². The van der Waals surface area contributed by atoms with Gasteiger partial charge in [-0.15, -0.1) is 12.3 Å². The maximum atomic E-state index is 11.1. The van der Waals surface area contributed by atoms with Crippen LogP contribution in [0.1, 0.15) is 19.3 Å². The fourth-order valence-corrected chi connectivity index (χ4v) is 1.24. The molecule has 80 valence electrons. The molecular weight excluding hydrogens is 214 g/mol. The number of hydrogen-bond donors (Lipinski definition) is 2. The van der Waals surface area contributed by atoms with Crippen molar-refractivity contribution < 1.29 is 0 Å². The van der Waals surface area contributed by atoms with Crippen molar-refractivity contribution >= 4 is 17.4 Å². The van der Waals surface area contributed by atoms with Crippen LogP contribution in [0.25, 0.3) is 0 Å². The van der Waals surface area contributed by atoms with Crippen LogP contribution in [0.15, 0.2) is 11.1 Å². The molecule has 0 aliphatic carbocycles. The lowest BCUT2D eigenvalue weighted by atomic mass is 10.2. The highest BCUT2D eigenvalue weighted by atomic mass is 35.5. The summed E-state index contributed by atoms with van der Waals surface area (Å²) in [4.78, 5) is 17.4. The lowest BCUT2D eigenvalue weighted by molar-refractivity contribution is 0.787. The summed E-state index contributed by atoms with van der Waals surface area (Å²) in [6.45, 7) is 0.706. The van der Waals surface area contributed by atoms with Gasteiger partial charge in [-0.2, -0.15) is 0 Å². The van der Waals surface area contributed by atoms with Crippen LogP contribution in [0.4, 0.5) is 5.82 Å². The Morgan fingerprint density at radius 1 is 1.60 bits per heavy atom. The maximum Gasteiger partial charge on any atom is 0.271 e. The molecule has 4 nitrogen and oxygen atoms in total. The van der Waals surface area contributed by atoms with Crippen LogP contribution in [0.2, 0.25) is 5.02 Å². The van der Waals surface area contributed by atoms with Crippen molar-refractivity contribution in [2.75, 3.05) is 11.9 Å². The second kappa shape index (κ2) is 6.10. The molecule has 2 N–H and O–H groups in total. The molecule has 1 aromatic rings. The molecule has 0 unspecified atom stereocenters. The Morgan fingerprint density at radius 3 is 3.13 bits per heavy atom. The van der Waals surface area contributed by atoms with Gasteiger partial charge in [-0.1, -0.05) is 11.6 Å². The van der Waals surface area contributed by atoms with E-state index in [4.69, 9.17) is 18.0 Å². The fraction of sp³-hybridized carbons (Fsp3) is 0.400. The number of hydrogen-bond acceptors (Lipinski definition) is 3. The number of H-pyrrole nitrogens is 1. The summed E-state index contributed by atoms with van der Waals surface area (Å²) >= 11 is 5.73. The predicted octanol–water partition coefficient (Wildman–Crippen LogP) is 1.64. The molecule has 0 saturated heterocycles. The molecule has 1 rings (SSSR count). The zero-order chi connectivity index (χ0) is 11.1. The molecule has 0 saturated carbocycles. The van der Waals surface area contributed by atoms with E-state index in [1.165, 1.54) is 6.33 Å². The number of nitrogens with zero attached hydrogens (tertiary/aromatic N) is 1. The molecule has 1 aromatic heterocycles. The first-order chi connectivity index (χ1) is 7.25. The summed E-state index contributed by atoms with van der Waals surface area (Å²) in [5.41, 5.74) is -0.335. The third kappa shape index (κ3) is 3.64. The van der Waals surface area contributed by atoms with Crippen LogP contribution in [-0.2, 0) is 0 Å². The number of nitrogens with one attached hydrogen (secondary N) is 2. The zero-order valence-electron chi connectivity index (χ0n) is 8.22. The summed E-state index contributed by atoms with van der Waals surface area (Å²) in [5.74, 6) is 2.98. The average Bonchev–Trinajstić information content (AvgIpc) is 2.24. The highest BCUT2D eigenvalue weighted by Gasteiger charge is 2.03. The first kappa shape index (κ1) is 11.6. The molecule has 0 aromatic carbocycles. The Hall–Kier alpha value is -1.47. The molecule has 0 bridgehead atoms. The number of halogens is 1. The van der Waals surface area contributed by atoms with Crippen LogP contribution in [0, 0.1) is 12.3 Å². The highest BCUT2D eigenvalue weighted by molar-refractivity contribution is 6.32. The first-order valence-corrected chi connectivity index (χ1v) is 5.04. The number of anilines is 1. The fourth-order valence-electron chi connectivity index (χ4n) is 1.07. The molecule has 5 heteroatoms. The first-order valence-electron chi connectivity index (χ1n) is 4.66. The Balaban J connectivity index is 2.42. The van der Waals surface area contributed by atoms with Gasteiger partial charge < -0.3 is 10.3 Å². The van der Waals surface area contributed by atoms with E-state index in [1.807, 2.05) is 0 Å². The van der Waals surface area contributed by atoms with E-state index in [0.29, 0.717) is 12.4 Å². The van der Waals surface area contributed by atoms with E-state index in [2.05, 4.69) is 21.2 Å². The number of terminal acetylenes is 1. The second-order valence-corrected chi connectivity index (χ2v) is 3.36. The van der Waals surface area contributed by atoms with Crippen molar-refractivity contribution in [1.29, 1.82) is 0 Å². The second-order valence-electron chi connectivity index (χ2n) is 2.98. The van der Waals surface area contributed by atoms with E-state index in [0.717, 1.165) is 19.3 Å². The van der Waals surface area contributed by atoms with Crippen molar-refractivity contribution in [3.63, 3.8) is 0 Å². The lowest BCUT2D eigenvalue weighted by Gasteiger charge is -2.04. The highest BCUT2D eigenvalue weighted by Crippen LogP contribution is 2.11. The van der Waals surface area contributed by atoms with E-state index >= 15 is 0 Å². The summed E-state index contributed by atoms with van der Waals surface area (Å²) in [7, 11) is 0. The van der Waals surface area contributed by atoms with Crippen LogP contribution < -0.4 is 10.9 Å².